The minimum Gasteiger partial charge on any atom is -0.480 e. The number of hydrogen-bond donors (Lipinski definition) is 1. The van der Waals surface area contributed by atoms with Crippen LogP contribution in [0, 0.1) is 0 Å². The third-order valence-corrected chi connectivity index (χ3v) is 5.28. The first-order chi connectivity index (χ1) is 14.4. The van der Waals surface area contributed by atoms with E-state index in [1.54, 1.807) is 42.5 Å². The molecule has 2 aromatic rings. The number of esters is 1. The third kappa shape index (κ3) is 2.66. The van der Waals surface area contributed by atoms with E-state index in [1.165, 1.54) is 12.1 Å². The van der Waals surface area contributed by atoms with E-state index in [9.17, 15) is 29.1 Å². The largest absolute Gasteiger partial charge is 0.480 e. The normalized spacial score (nSPS) is 21.2. The Labute approximate surface area is 170 Å². The lowest BCUT2D eigenvalue weighted by Crippen LogP contribution is -2.75. The lowest BCUT2D eigenvalue weighted by Gasteiger charge is -2.49. The molecule has 0 spiro atoms. The van der Waals surface area contributed by atoms with Gasteiger partial charge in [0.2, 0.25) is 0 Å². The van der Waals surface area contributed by atoms with Gasteiger partial charge in [0.1, 0.15) is 0 Å². The summed E-state index contributed by atoms with van der Waals surface area (Å²) in [5.41, 5.74) is 0.556. The SMILES string of the molecule is COC(=O)C(c1ccccc1)N1C(=O)C(N2C(=O)c3ccccc3C2=O)C1C(=O)O. The number of carboxylic acid groups (broad SMARTS) is 1. The summed E-state index contributed by atoms with van der Waals surface area (Å²) in [5.74, 6) is -4.58. The minimum atomic E-state index is -1.59. The first-order valence-electron chi connectivity index (χ1n) is 9.03. The predicted octanol–water partition coefficient (Wildman–Crippen LogP) is 0.861. The number of aliphatic carboxylic acids is 1. The van der Waals surface area contributed by atoms with Crippen LogP contribution in [0.15, 0.2) is 54.6 Å². The Morgan fingerprint density at radius 1 is 0.933 bits per heavy atom. The van der Waals surface area contributed by atoms with Crippen molar-refractivity contribution in [3.63, 3.8) is 0 Å². The Morgan fingerprint density at radius 2 is 1.47 bits per heavy atom. The van der Waals surface area contributed by atoms with Crippen LogP contribution in [0.2, 0.25) is 0 Å². The molecule has 9 nitrogen and oxygen atoms in total. The molecule has 1 N–H and O–H groups in total. The lowest BCUT2D eigenvalue weighted by atomic mass is 9.88. The molecule has 0 radical (unpaired) electrons. The number of imide groups is 1. The zero-order chi connectivity index (χ0) is 21.6. The summed E-state index contributed by atoms with van der Waals surface area (Å²) in [6.45, 7) is 0. The van der Waals surface area contributed by atoms with E-state index in [0.717, 1.165) is 12.0 Å². The van der Waals surface area contributed by atoms with Crippen molar-refractivity contribution in [2.45, 2.75) is 18.1 Å². The van der Waals surface area contributed by atoms with Crippen molar-refractivity contribution in [1.82, 2.24) is 9.80 Å². The smallest absolute Gasteiger partial charge is 0.333 e. The fourth-order valence-corrected chi connectivity index (χ4v) is 3.91. The molecule has 0 aromatic heterocycles. The van der Waals surface area contributed by atoms with Gasteiger partial charge >= 0.3 is 11.9 Å². The number of methoxy groups -OCH3 is 1. The maximum absolute atomic E-state index is 13.0. The molecule has 4 rings (SSSR count). The van der Waals surface area contributed by atoms with Crippen LogP contribution in [0.1, 0.15) is 32.3 Å². The van der Waals surface area contributed by atoms with Gasteiger partial charge in [0.25, 0.3) is 17.7 Å². The Hall–Kier alpha value is -4.01. The van der Waals surface area contributed by atoms with Crippen LogP contribution in [-0.2, 0) is 19.1 Å². The van der Waals surface area contributed by atoms with E-state index in [4.69, 9.17) is 4.74 Å². The molecule has 3 amide bonds. The zero-order valence-corrected chi connectivity index (χ0v) is 15.7. The maximum Gasteiger partial charge on any atom is 0.333 e. The number of carboxylic acids is 1. The molecule has 152 valence electrons. The minimum absolute atomic E-state index is 0.102. The van der Waals surface area contributed by atoms with Crippen molar-refractivity contribution in [2.24, 2.45) is 0 Å². The number of fused-ring (bicyclic) bond motifs is 1. The van der Waals surface area contributed by atoms with Gasteiger partial charge < -0.3 is 14.7 Å². The fraction of sp³-hybridized carbons (Fsp3) is 0.190. The second-order valence-electron chi connectivity index (χ2n) is 6.84. The second kappa shape index (κ2) is 7.11. The molecule has 30 heavy (non-hydrogen) atoms. The van der Waals surface area contributed by atoms with Crippen molar-refractivity contribution in [2.75, 3.05) is 7.11 Å². The van der Waals surface area contributed by atoms with Crippen LogP contribution in [0.5, 0.6) is 0 Å². The zero-order valence-electron chi connectivity index (χ0n) is 15.7. The molecular weight excluding hydrogens is 392 g/mol. The molecule has 9 heteroatoms. The first-order valence-corrected chi connectivity index (χ1v) is 9.03. The lowest BCUT2D eigenvalue weighted by molar-refractivity contribution is -0.179. The molecule has 2 aromatic carbocycles. The van der Waals surface area contributed by atoms with Crippen LogP contribution in [0.3, 0.4) is 0 Å². The third-order valence-electron chi connectivity index (χ3n) is 5.28. The van der Waals surface area contributed by atoms with Gasteiger partial charge in [-0.15, -0.1) is 0 Å². The summed E-state index contributed by atoms with van der Waals surface area (Å²) in [6, 6.07) is 9.63. The summed E-state index contributed by atoms with van der Waals surface area (Å²) in [5, 5.41) is 9.80. The monoisotopic (exact) mass is 408 g/mol. The highest BCUT2D eigenvalue weighted by Crippen LogP contribution is 2.38. The molecule has 2 heterocycles. The van der Waals surface area contributed by atoms with Crippen molar-refractivity contribution >= 4 is 29.7 Å². The second-order valence-corrected chi connectivity index (χ2v) is 6.84. The molecule has 1 fully saturated rings. The Kier molecular flexibility index (Phi) is 4.57. The van der Waals surface area contributed by atoms with Gasteiger partial charge in [-0.1, -0.05) is 42.5 Å². The van der Waals surface area contributed by atoms with Crippen LogP contribution in [-0.4, -0.2) is 63.8 Å². The van der Waals surface area contributed by atoms with Gasteiger partial charge in [0.15, 0.2) is 18.1 Å². The predicted molar refractivity (Wildman–Crippen MR) is 100 cm³/mol. The van der Waals surface area contributed by atoms with E-state index in [2.05, 4.69) is 0 Å². The van der Waals surface area contributed by atoms with Crippen LogP contribution in [0.4, 0.5) is 0 Å². The van der Waals surface area contributed by atoms with E-state index >= 15 is 0 Å². The van der Waals surface area contributed by atoms with Gasteiger partial charge in [-0.05, 0) is 17.7 Å². The highest BCUT2D eigenvalue weighted by molar-refractivity contribution is 6.24. The number of ether oxygens (including phenoxy) is 1. The maximum atomic E-state index is 13.0. The summed E-state index contributed by atoms with van der Waals surface area (Å²) >= 11 is 0. The van der Waals surface area contributed by atoms with E-state index < -0.39 is 47.8 Å². The average Bonchev–Trinajstić information content (AvgIpc) is 3.00. The Bertz CT molecular complexity index is 1050. The van der Waals surface area contributed by atoms with Gasteiger partial charge in [0.05, 0.1) is 18.2 Å². The molecule has 3 unspecified atom stereocenters. The van der Waals surface area contributed by atoms with Crippen molar-refractivity contribution in [3.8, 4) is 0 Å². The van der Waals surface area contributed by atoms with Gasteiger partial charge in [-0.25, -0.2) is 9.59 Å². The topological polar surface area (TPSA) is 121 Å². The van der Waals surface area contributed by atoms with Crippen molar-refractivity contribution in [3.05, 3.63) is 71.3 Å². The molecule has 2 aliphatic rings. The molecule has 1 saturated heterocycles. The number of hydrogen-bond acceptors (Lipinski definition) is 6. The molecule has 3 atom stereocenters. The van der Waals surface area contributed by atoms with Crippen LogP contribution in [0.25, 0.3) is 0 Å². The molecule has 0 aliphatic carbocycles. The standard InChI is InChI=1S/C21H16N2O7/c1-30-21(29)14(11-7-3-2-4-8-11)22-16(20(27)28)15(19(22)26)23-17(24)12-9-5-6-10-13(12)18(23)25/h2-10,14-16H,1H3,(H,27,28). The number of rotatable bonds is 5. The Balaban J connectivity index is 1.73. The molecular formula is C21H16N2O7. The van der Waals surface area contributed by atoms with E-state index in [0.29, 0.717) is 10.5 Å². The summed E-state index contributed by atoms with van der Waals surface area (Å²) in [7, 11) is 1.12. The van der Waals surface area contributed by atoms with Crippen molar-refractivity contribution < 1.29 is 33.8 Å². The van der Waals surface area contributed by atoms with Gasteiger partial charge in [0, 0.05) is 0 Å². The van der Waals surface area contributed by atoms with Crippen molar-refractivity contribution in [1.29, 1.82) is 0 Å². The number of β-lactam (4-membered cyclic amide) rings is 1. The molecule has 0 bridgehead atoms. The number of carbonyl (C=O) groups is 5. The Morgan fingerprint density at radius 3 is 1.97 bits per heavy atom. The number of likely N-dealkylation sites (tertiary alicyclic amines) is 1. The first kappa shape index (κ1) is 19.3. The van der Waals surface area contributed by atoms with Crippen LogP contribution >= 0.6 is 0 Å². The number of carbonyl (C=O) groups excluding carboxylic acids is 4. The highest BCUT2D eigenvalue weighted by atomic mass is 16.5. The van der Waals surface area contributed by atoms with Gasteiger partial charge in [-0.3, -0.25) is 19.3 Å². The van der Waals surface area contributed by atoms with E-state index in [-0.39, 0.29) is 11.1 Å². The quantitative estimate of drug-likeness (QED) is 0.442. The summed E-state index contributed by atoms with van der Waals surface area (Å²) in [6.07, 6.45) is 0. The summed E-state index contributed by atoms with van der Waals surface area (Å²) in [4.78, 5) is 64.5. The fourth-order valence-electron chi connectivity index (χ4n) is 3.91. The molecule has 0 saturated carbocycles. The number of nitrogens with zero attached hydrogens (tertiary/aromatic N) is 2. The number of benzene rings is 2. The highest BCUT2D eigenvalue weighted by Gasteiger charge is 2.62. The van der Waals surface area contributed by atoms with Gasteiger partial charge in [-0.2, -0.15) is 0 Å². The number of amides is 3. The average molecular weight is 408 g/mol. The van der Waals surface area contributed by atoms with Crippen LogP contribution < -0.4 is 0 Å². The van der Waals surface area contributed by atoms with E-state index in [1.807, 2.05) is 0 Å². The summed E-state index contributed by atoms with van der Waals surface area (Å²) < 4.78 is 4.78. The molecule has 2 aliphatic heterocycles.